The quantitative estimate of drug-likeness (QED) is 0.743. The van der Waals surface area contributed by atoms with E-state index in [2.05, 4.69) is 12.2 Å². The molecule has 6 heteroatoms. The van der Waals surface area contributed by atoms with Crippen LogP contribution in [-0.2, 0) is 4.79 Å². The van der Waals surface area contributed by atoms with Gasteiger partial charge in [0, 0.05) is 11.7 Å². The van der Waals surface area contributed by atoms with Gasteiger partial charge in [0.05, 0.1) is 23.4 Å². The third kappa shape index (κ3) is 3.48. The summed E-state index contributed by atoms with van der Waals surface area (Å²) < 4.78 is 0. The van der Waals surface area contributed by atoms with Gasteiger partial charge < -0.3 is 16.2 Å². The molecule has 0 aliphatic carbocycles. The van der Waals surface area contributed by atoms with Gasteiger partial charge in [0.1, 0.15) is 0 Å². The molecule has 0 saturated carbocycles. The van der Waals surface area contributed by atoms with E-state index >= 15 is 0 Å². The summed E-state index contributed by atoms with van der Waals surface area (Å²) in [6.45, 7) is 4.83. The number of amides is 1. The average molecular weight is 312 g/mol. The van der Waals surface area contributed by atoms with E-state index in [1.165, 1.54) is 0 Å². The first-order chi connectivity index (χ1) is 9.93. The SMILES string of the molecule is CC1CCN(C(C)C(=O)Nc2ccc(N)cc2Cl)C1CO. The van der Waals surface area contributed by atoms with Gasteiger partial charge in [-0.3, -0.25) is 9.69 Å². The van der Waals surface area contributed by atoms with Crippen molar-refractivity contribution in [3.8, 4) is 0 Å². The number of hydrogen-bond acceptors (Lipinski definition) is 4. The molecule has 1 aromatic rings. The zero-order valence-electron chi connectivity index (χ0n) is 12.3. The maximum atomic E-state index is 12.4. The van der Waals surface area contributed by atoms with Crippen molar-refractivity contribution < 1.29 is 9.90 Å². The van der Waals surface area contributed by atoms with Gasteiger partial charge in [-0.1, -0.05) is 18.5 Å². The first-order valence-electron chi connectivity index (χ1n) is 7.16. The second-order valence-electron chi connectivity index (χ2n) is 5.66. The van der Waals surface area contributed by atoms with Gasteiger partial charge in [-0.05, 0) is 44.0 Å². The summed E-state index contributed by atoms with van der Waals surface area (Å²) in [5.41, 5.74) is 6.74. The van der Waals surface area contributed by atoms with E-state index in [0.29, 0.717) is 22.3 Å². The Morgan fingerprint density at radius 3 is 2.95 bits per heavy atom. The van der Waals surface area contributed by atoms with Gasteiger partial charge in [-0.25, -0.2) is 0 Å². The highest BCUT2D eigenvalue weighted by Gasteiger charge is 2.36. The van der Waals surface area contributed by atoms with Gasteiger partial charge in [0.2, 0.25) is 5.91 Å². The first kappa shape index (κ1) is 16.1. The molecule has 1 amide bonds. The van der Waals surface area contributed by atoms with Crippen molar-refractivity contribution in [3.05, 3.63) is 23.2 Å². The molecule has 4 N–H and O–H groups in total. The molecule has 0 spiro atoms. The predicted molar refractivity (Wildman–Crippen MR) is 85.3 cm³/mol. The molecule has 1 saturated heterocycles. The molecule has 21 heavy (non-hydrogen) atoms. The minimum absolute atomic E-state index is 0.0349. The van der Waals surface area contributed by atoms with Crippen LogP contribution in [0.5, 0.6) is 0 Å². The topological polar surface area (TPSA) is 78.6 Å². The molecule has 1 aliphatic rings. The standard InChI is InChI=1S/C15H22ClN3O2/c1-9-5-6-19(14(9)8-20)10(2)15(21)18-13-4-3-11(17)7-12(13)16/h3-4,7,9-10,14,20H,5-6,8,17H2,1-2H3,(H,18,21). The largest absolute Gasteiger partial charge is 0.399 e. The Bertz CT molecular complexity index is 524. The van der Waals surface area contributed by atoms with Crippen molar-refractivity contribution in [2.75, 3.05) is 24.2 Å². The molecule has 3 unspecified atom stereocenters. The number of carbonyl (C=O) groups excluding carboxylic acids is 1. The van der Waals surface area contributed by atoms with Crippen LogP contribution in [-0.4, -0.2) is 41.1 Å². The number of anilines is 2. The summed E-state index contributed by atoms with van der Waals surface area (Å²) in [5.74, 6) is 0.264. The van der Waals surface area contributed by atoms with Crippen LogP contribution < -0.4 is 11.1 Å². The van der Waals surface area contributed by atoms with Crippen LogP contribution in [0.1, 0.15) is 20.3 Å². The highest BCUT2D eigenvalue weighted by molar-refractivity contribution is 6.34. The fourth-order valence-electron chi connectivity index (χ4n) is 2.82. The summed E-state index contributed by atoms with van der Waals surface area (Å²) in [5, 5.41) is 12.7. The number of rotatable bonds is 4. The van der Waals surface area contributed by atoms with Crippen molar-refractivity contribution >= 4 is 28.9 Å². The van der Waals surface area contributed by atoms with Gasteiger partial charge in [0.25, 0.3) is 0 Å². The molecule has 0 bridgehead atoms. The maximum absolute atomic E-state index is 12.4. The van der Waals surface area contributed by atoms with Crippen molar-refractivity contribution in [2.45, 2.75) is 32.4 Å². The van der Waals surface area contributed by atoms with Crippen LogP contribution in [0.2, 0.25) is 5.02 Å². The lowest BCUT2D eigenvalue weighted by Crippen LogP contribution is -2.47. The highest BCUT2D eigenvalue weighted by Crippen LogP contribution is 2.27. The molecule has 1 heterocycles. The smallest absolute Gasteiger partial charge is 0.241 e. The molecule has 5 nitrogen and oxygen atoms in total. The Morgan fingerprint density at radius 2 is 2.33 bits per heavy atom. The molecule has 2 rings (SSSR count). The number of likely N-dealkylation sites (tertiary alicyclic amines) is 1. The van der Waals surface area contributed by atoms with Crippen LogP contribution in [0.25, 0.3) is 0 Å². The predicted octanol–water partition coefficient (Wildman–Crippen LogP) is 1.95. The average Bonchev–Trinajstić information content (AvgIpc) is 2.81. The number of nitrogens with one attached hydrogen (secondary N) is 1. The van der Waals surface area contributed by atoms with E-state index in [1.807, 2.05) is 11.8 Å². The summed E-state index contributed by atoms with van der Waals surface area (Å²) in [7, 11) is 0. The minimum atomic E-state index is -0.319. The third-order valence-electron chi connectivity index (χ3n) is 4.24. The monoisotopic (exact) mass is 311 g/mol. The van der Waals surface area contributed by atoms with E-state index in [0.717, 1.165) is 13.0 Å². The molecular formula is C15H22ClN3O2. The maximum Gasteiger partial charge on any atom is 0.241 e. The van der Waals surface area contributed by atoms with Gasteiger partial charge >= 0.3 is 0 Å². The fourth-order valence-corrected chi connectivity index (χ4v) is 3.06. The van der Waals surface area contributed by atoms with Crippen molar-refractivity contribution in [2.24, 2.45) is 5.92 Å². The highest BCUT2D eigenvalue weighted by atomic mass is 35.5. The summed E-state index contributed by atoms with van der Waals surface area (Å²) in [6.07, 6.45) is 0.992. The van der Waals surface area contributed by atoms with Gasteiger partial charge in [-0.2, -0.15) is 0 Å². The van der Waals surface area contributed by atoms with Crippen LogP contribution in [0.4, 0.5) is 11.4 Å². The molecule has 116 valence electrons. The second kappa shape index (κ2) is 6.64. The van der Waals surface area contributed by atoms with E-state index in [9.17, 15) is 9.90 Å². The number of carbonyl (C=O) groups is 1. The van der Waals surface area contributed by atoms with E-state index < -0.39 is 0 Å². The molecule has 1 aromatic carbocycles. The Morgan fingerprint density at radius 1 is 1.62 bits per heavy atom. The van der Waals surface area contributed by atoms with Crippen molar-refractivity contribution in [3.63, 3.8) is 0 Å². The Kier molecular flexibility index (Phi) is 5.08. The number of nitrogens with zero attached hydrogens (tertiary/aromatic N) is 1. The number of benzene rings is 1. The summed E-state index contributed by atoms with van der Waals surface area (Å²) in [6, 6.07) is 4.71. The summed E-state index contributed by atoms with van der Waals surface area (Å²) in [4.78, 5) is 14.4. The Labute approximate surface area is 130 Å². The van der Waals surface area contributed by atoms with Gasteiger partial charge in [0.15, 0.2) is 0 Å². The third-order valence-corrected chi connectivity index (χ3v) is 4.55. The number of hydrogen-bond donors (Lipinski definition) is 3. The number of nitrogen functional groups attached to an aromatic ring is 1. The van der Waals surface area contributed by atoms with Crippen LogP contribution in [0.3, 0.4) is 0 Å². The number of aliphatic hydroxyl groups excluding tert-OH is 1. The zero-order valence-corrected chi connectivity index (χ0v) is 13.1. The number of halogens is 1. The lowest BCUT2D eigenvalue weighted by Gasteiger charge is -2.30. The lowest BCUT2D eigenvalue weighted by molar-refractivity contribution is -0.121. The van der Waals surface area contributed by atoms with E-state index in [-0.39, 0.29) is 24.6 Å². The second-order valence-corrected chi connectivity index (χ2v) is 6.07. The molecule has 3 atom stereocenters. The number of nitrogens with two attached hydrogens (primary N) is 1. The van der Waals surface area contributed by atoms with E-state index in [4.69, 9.17) is 17.3 Å². The minimum Gasteiger partial charge on any atom is -0.399 e. The van der Waals surface area contributed by atoms with E-state index in [1.54, 1.807) is 18.2 Å². The normalized spacial score (nSPS) is 24.0. The Hall–Kier alpha value is -1.30. The van der Waals surface area contributed by atoms with Crippen LogP contribution in [0, 0.1) is 5.92 Å². The Balaban J connectivity index is 2.06. The van der Waals surface area contributed by atoms with Crippen LogP contribution >= 0.6 is 11.6 Å². The molecule has 1 fully saturated rings. The fraction of sp³-hybridized carbons (Fsp3) is 0.533. The molecule has 1 aliphatic heterocycles. The summed E-state index contributed by atoms with van der Waals surface area (Å²) >= 11 is 6.07. The van der Waals surface area contributed by atoms with Gasteiger partial charge in [-0.15, -0.1) is 0 Å². The van der Waals surface area contributed by atoms with Crippen molar-refractivity contribution in [1.29, 1.82) is 0 Å². The first-order valence-corrected chi connectivity index (χ1v) is 7.54. The van der Waals surface area contributed by atoms with Crippen LogP contribution in [0.15, 0.2) is 18.2 Å². The molecule has 0 aromatic heterocycles. The van der Waals surface area contributed by atoms with Crippen molar-refractivity contribution in [1.82, 2.24) is 4.90 Å². The molecular weight excluding hydrogens is 290 g/mol. The zero-order chi connectivity index (χ0) is 15.6. The number of aliphatic hydroxyl groups is 1. The lowest BCUT2D eigenvalue weighted by atomic mass is 10.0. The molecule has 0 radical (unpaired) electrons.